The molecule has 25 heavy (non-hydrogen) atoms. The van der Waals surface area contributed by atoms with Gasteiger partial charge in [-0.25, -0.2) is 0 Å². The van der Waals surface area contributed by atoms with E-state index in [0.29, 0.717) is 12.1 Å². The molecular weight excluding hydrogens is 312 g/mol. The molecule has 2 N–H and O–H groups in total. The minimum atomic E-state index is -0.540. The first-order chi connectivity index (χ1) is 12.2. The number of fused-ring (bicyclic) bond motifs is 1. The molecule has 1 amide bonds. The SMILES string of the molecule is O=C(c1cc2ccccc2[nH]1)N1CCCC1CC(O)c1ccccc1. The van der Waals surface area contributed by atoms with Crippen molar-refractivity contribution < 1.29 is 9.90 Å². The molecular formula is C21H22N2O2. The molecule has 4 heteroatoms. The van der Waals surface area contributed by atoms with Gasteiger partial charge in [-0.05, 0) is 37.0 Å². The number of hydrogen-bond donors (Lipinski definition) is 2. The van der Waals surface area contributed by atoms with Crippen molar-refractivity contribution >= 4 is 16.8 Å². The van der Waals surface area contributed by atoms with Crippen LogP contribution in [0.5, 0.6) is 0 Å². The van der Waals surface area contributed by atoms with Gasteiger partial charge < -0.3 is 15.0 Å². The largest absolute Gasteiger partial charge is 0.388 e. The van der Waals surface area contributed by atoms with E-state index in [1.807, 2.05) is 65.6 Å². The maximum absolute atomic E-state index is 13.0. The summed E-state index contributed by atoms with van der Waals surface area (Å²) in [4.78, 5) is 18.1. The Kier molecular flexibility index (Phi) is 4.28. The van der Waals surface area contributed by atoms with Gasteiger partial charge >= 0.3 is 0 Å². The van der Waals surface area contributed by atoms with Gasteiger partial charge in [0.25, 0.3) is 5.91 Å². The molecule has 128 valence electrons. The van der Waals surface area contributed by atoms with Crippen LogP contribution in [-0.4, -0.2) is 33.5 Å². The number of likely N-dealkylation sites (tertiary alicyclic amines) is 1. The topological polar surface area (TPSA) is 56.3 Å². The predicted molar refractivity (Wildman–Crippen MR) is 98.4 cm³/mol. The van der Waals surface area contributed by atoms with E-state index >= 15 is 0 Å². The summed E-state index contributed by atoms with van der Waals surface area (Å²) in [5.41, 5.74) is 2.51. The molecule has 2 aromatic carbocycles. The number of carbonyl (C=O) groups excluding carboxylic acids is 1. The minimum absolute atomic E-state index is 0.0268. The summed E-state index contributed by atoms with van der Waals surface area (Å²) in [5.74, 6) is 0.0268. The van der Waals surface area contributed by atoms with Gasteiger partial charge in [-0.1, -0.05) is 48.5 Å². The first-order valence-electron chi connectivity index (χ1n) is 8.84. The normalized spacial score (nSPS) is 18.6. The van der Waals surface area contributed by atoms with Crippen LogP contribution in [0.1, 0.15) is 41.4 Å². The highest BCUT2D eigenvalue weighted by Gasteiger charge is 2.31. The van der Waals surface area contributed by atoms with Crippen LogP contribution in [0.15, 0.2) is 60.7 Å². The number of amides is 1. The number of nitrogens with one attached hydrogen (secondary N) is 1. The van der Waals surface area contributed by atoms with Crippen molar-refractivity contribution in [1.29, 1.82) is 0 Å². The lowest BCUT2D eigenvalue weighted by molar-refractivity contribution is 0.0662. The smallest absolute Gasteiger partial charge is 0.270 e. The van der Waals surface area contributed by atoms with Gasteiger partial charge in [0.05, 0.1) is 6.10 Å². The Hall–Kier alpha value is -2.59. The van der Waals surface area contributed by atoms with Crippen molar-refractivity contribution in [1.82, 2.24) is 9.88 Å². The zero-order chi connectivity index (χ0) is 17.2. The highest BCUT2D eigenvalue weighted by atomic mass is 16.3. The van der Waals surface area contributed by atoms with Gasteiger partial charge in [0.2, 0.25) is 0 Å². The molecule has 0 aliphatic carbocycles. The van der Waals surface area contributed by atoms with E-state index in [4.69, 9.17) is 0 Å². The molecule has 2 unspecified atom stereocenters. The van der Waals surface area contributed by atoms with E-state index in [2.05, 4.69) is 4.98 Å². The summed E-state index contributed by atoms with van der Waals surface area (Å²) in [6.07, 6.45) is 1.96. The van der Waals surface area contributed by atoms with Crippen LogP contribution < -0.4 is 0 Å². The lowest BCUT2D eigenvalue weighted by Gasteiger charge is -2.26. The van der Waals surface area contributed by atoms with Crippen LogP contribution >= 0.6 is 0 Å². The van der Waals surface area contributed by atoms with Crippen molar-refractivity contribution in [3.8, 4) is 0 Å². The number of para-hydroxylation sites is 1. The third kappa shape index (κ3) is 3.17. The number of H-pyrrole nitrogens is 1. The van der Waals surface area contributed by atoms with Crippen molar-refractivity contribution in [3.05, 3.63) is 71.9 Å². The quantitative estimate of drug-likeness (QED) is 0.760. The first-order valence-corrected chi connectivity index (χ1v) is 8.84. The summed E-state index contributed by atoms with van der Waals surface area (Å²) in [5, 5.41) is 11.6. The minimum Gasteiger partial charge on any atom is -0.388 e. The van der Waals surface area contributed by atoms with E-state index in [-0.39, 0.29) is 11.9 Å². The van der Waals surface area contributed by atoms with Gasteiger partial charge in [0.1, 0.15) is 5.69 Å². The number of aromatic nitrogens is 1. The Bertz CT molecular complexity index is 839. The number of nitrogens with zero attached hydrogens (tertiary/aromatic N) is 1. The molecule has 3 aromatic rings. The van der Waals surface area contributed by atoms with E-state index in [9.17, 15) is 9.90 Å². The molecule has 0 bridgehead atoms. The molecule has 2 atom stereocenters. The number of benzene rings is 2. The predicted octanol–water partition coefficient (Wildman–Crippen LogP) is 3.90. The maximum atomic E-state index is 13.0. The van der Waals surface area contributed by atoms with Gasteiger partial charge in [-0.2, -0.15) is 0 Å². The van der Waals surface area contributed by atoms with Crippen LogP contribution in [0, 0.1) is 0 Å². The standard InChI is InChI=1S/C21H22N2O2/c24-20(15-7-2-1-3-8-15)14-17-10-6-12-23(17)21(25)19-13-16-9-4-5-11-18(16)22-19/h1-5,7-9,11,13,17,20,22,24H,6,10,12,14H2. The number of carbonyl (C=O) groups is 1. The Morgan fingerprint density at radius 2 is 1.92 bits per heavy atom. The highest BCUT2D eigenvalue weighted by molar-refractivity contribution is 5.98. The Morgan fingerprint density at radius 1 is 1.16 bits per heavy atom. The van der Waals surface area contributed by atoms with Crippen molar-refractivity contribution in [2.45, 2.75) is 31.4 Å². The van der Waals surface area contributed by atoms with Crippen LogP contribution in [0.3, 0.4) is 0 Å². The molecule has 1 aromatic heterocycles. The zero-order valence-electron chi connectivity index (χ0n) is 14.1. The summed E-state index contributed by atoms with van der Waals surface area (Å²) in [6.45, 7) is 0.750. The average Bonchev–Trinajstić information content (AvgIpc) is 3.28. The summed E-state index contributed by atoms with van der Waals surface area (Å²) in [6, 6.07) is 19.6. The number of aliphatic hydroxyl groups excluding tert-OH is 1. The Labute approximate surface area is 147 Å². The Balaban J connectivity index is 1.51. The molecule has 0 spiro atoms. The van der Waals surface area contributed by atoms with Crippen molar-refractivity contribution in [2.24, 2.45) is 0 Å². The summed E-state index contributed by atoms with van der Waals surface area (Å²) in [7, 11) is 0. The molecule has 1 saturated heterocycles. The third-order valence-corrected chi connectivity index (χ3v) is 5.08. The average molecular weight is 334 g/mol. The van der Waals surface area contributed by atoms with E-state index in [1.165, 1.54) is 0 Å². The second-order valence-electron chi connectivity index (χ2n) is 6.73. The molecule has 0 saturated carbocycles. The Morgan fingerprint density at radius 3 is 2.72 bits per heavy atom. The van der Waals surface area contributed by atoms with Crippen LogP contribution in [-0.2, 0) is 0 Å². The zero-order valence-corrected chi connectivity index (χ0v) is 14.1. The van der Waals surface area contributed by atoms with Gasteiger partial charge in [0.15, 0.2) is 0 Å². The summed E-state index contributed by atoms with van der Waals surface area (Å²) >= 11 is 0. The molecule has 1 aliphatic heterocycles. The number of hydrogen-bond acceptors (Lipinski definition) is 2. The van der Waals surface area contributed by atoms with E-state index in [1.54, 1.807) is 0 Å². The monoisotopic (exact) mass is 334 g/mol. The van der Waals surface area contributed by atoms with Gasteiger partial charge in [-0.15, -0.1) is 0 Å². The van der Waals surface area contributed by atoms with Crippen LogP contribution in [0.4, 0.5) is 0 Å². The maximum Gasteiger partial charge on any atom is 0.270 e. The number of aliphatic hydroxyl groups is 1. The number of aromatic amines is 1. The molecule has 1 aliphatic rings. The second kappa shape index (κ2) is 6.73. The van der Waals surface area contributed by atoms with Crippen molar-refractivity contribution in [3.63, 3.8) is 0 Å². The second-order valence-corrected chi connectivity index (χ2v) is 6.73. The van der Waals surface area contributed by atoms with E-state index in [0.717, 1.165) is 35.9 Å². The fourth-order valence-electron chi connectivity index (χ4n) is 3.76. The number of rotatable bonds is 4. The van der Waals surface area contributed by atoms with Crippen LogP contribution in [0.25, 0.3) is 10.9 Å². The first kappa shape index (κ1) is 15.9. The highest BCUT2D eigenvalue weighted by Crippen LogP contribution is 2.29. The summed E-state index contributed by atoms with van der Waals surface area (Å²) < 4.78 is 0. The van der Waals surface area contributed by atoms with Crippen LogP contribution in [0.2, 0.25) is 0 Å². The molecule has 1 fully saturated rings. The lowest BCUT2D eigenvalue weighted by Crippen LogP contribution is -2.36. The van der Waals surface area contributed by atoms with Crippen molar-refractivity contribution in [2.75, 3.05) is 6.54 Å². The van der Waals surface area contributed by atoms with Gasteiger partial charge in [0, 0.05) is 23.5 Å². The molecule has 4 nitrogen and oxygen atoms in total. The molecule has 0 radical (unpaired) electrons. The molecule has 4 rings (SSSR count). The lowest BCUT2D eigenvalue weighted by atomic mass is 10.0. The molecule has 2 heterocycles. The van der Waals surface area contributed by atoms with Gasteiger partial charge in [-0.3, -0.25) is 4.79 Å². The van der Waals surface area contributed by atoms with E-state index < -0.39 is 6.10 Å². The fraction of sp³-hybridized carbons (Fsp3) is 0.286. The fourth-order valence-corrected chi connectivity index (χ4v) is 3.76. The third-order valence-electron chi connectivity index (χ3n) is 5.08.